The lowest BCUT2D eigenvalue weighted by atomic mass is 10.1. The van der Waals surface area contributed by atoms with E-state index in [1.54, 1.807) is 42.5 Å². The summed E-state index contributed by atoms with van der Waals surface area (Å²) < 4.78 is 2.22. The van der Waals surface area contributed by atoms with Crippen molar-refractivity contribution in [3.63, 3.8) is 0 Å². The molecule has 0 saturated heterocycles. The van der Waals surface area contributed by atoms with E-state index in [4.69, 9.17) is 28.2 Å². The van der Waals surface area contributed by atoms with Crippen LogP contribution in [0.2, 0.25) is 10.0 Å². The minimum atomic E-state index is -0.977. The maximum absolute atomic E-state index is 12.7. The summed E-state index contributed by atoms with van der Waals surface area (Å²) >= 11 is 12.0. The number of nitrogens with zero attached hydrogens (tertiary/aromatic N) is 2. The Morgan fingerprint density at radius 1 is 0.912 bits per heavy atom. The average molecular weight is 494 g/mol. The molecule has 1 amide bonds. The highest BCUT2D eigenvalue weighted by Gasteiger charge is 2.24. The number of hydrogen-bond donors (Lipinski definition) is 2. The number of amides is 1. The topological polar surface area (TPSA) is 84.2 Å². The second-order valence-corrected chi connectivity index (χ2v) is 9.31. The number of halogens is 2. The lowest BCUT2D eigenvalue weighted by molar-refractivity contribution is 0.0696. The van der Waals surface area contributed by atoms with E-state index >= 15 is 0 Å². The number of carbonyl (C=O) groups is 2. The Kier molecular flexibility index (Phi) is 6.02. The fourth-order valence-electron chi connectivity index (χ4n) is 4.57. The molecule has 0 spiro atoms. The molecule has 0 aliphatic heterocycles. The van der Waals surface area contributed by atoms with Crippen LogP contribution >= 0.6 is 23.2 Å². The Balaban J connectivity index is 1.49. The number of rotatable bonds is 5. The summed E-state index contributed by atoms with van der Waals surface area (Å²) in [6.07, 6.45) is 4.43. The zero-order chi connectivity index (χ0) is 23.8. The highest BCUT2D eigenvalue weighted by atomic mass is 35.5. The fourth-order valence-corrected chi connectivity index (χ4v) is 5.09. The average Bonchev–Trinajstić information content (AvgIpc) is 3.45. The number of fused-ring (bicyclic) bond motifs is 1. The first-order chi connectivity index (χ1) is 16.4. The summed E-state index contributed by atoms with van der Waals surface area (Å²) in [5, 5.41) is 13.1. The Morgan fingerprint density at radius 3 is 2.21 bits per heavy atom. The van der Waals surface area contributed by atoms with Crippen LogP contribution in [0.15, 0.2) is 60.7 Å². The molecule has 1 fully saturated rings. The van der Waals surface area contributed by atoms with Gasteiger partial charge < -0.3 is 15.0 Å². The molecule has 0 bridgehead atoms. The third-order valence-corrected chi connectivity index (χ3v) is 6.59. The normalized spacial score (nSPS) is 13.9. The van der Waals surface area contributed by atoms with Gasteiger partial charge in [-0.2, -0.15) is 0 Å². The predicted molar refractivity (Wildman–Crippen MR) is 134 cm³/mol. The van der Waals surface area contributed by atoms with Crippen LogP contribution in [-0.2, 0) is 0 Å². The molecule has 5 rings (SSSR count). The molecule has 34 heavy (non-hydrogen) atoms. The van der Waals surface area contributed by atoms with Crippen molar-refractivity contribution in [2.75, 3.05) is 5.32 Å². The number of benzene rings is 3. The monoisotopic (exact) mass is 493 g/mol. The molecule has 8 heteroatoms. The standard InChI is InChI=1S/C26H21Cl2N3O3/c27-18-12-19(28)14-20(13-18)29-25(32)16-7-5-15(6-8-16)24-30-22-11-17(26(33)34)9-10-23(22)31(24)21-3-1-2-4-21/h5-14,21H,1-4H2,(H,29,32)(H,33,34). The zero-order valence-corrected chi connectivity index (χ0v) is 19.6. The summed E-state index contributed by atoms with van der Waals surface area (Å²) in [5.74, 6) is -0.478. The van der Waals surface area contributed by atoms with Gasteiger partial charge >= 0.3 is 5.97 Å². The molecule has 0 radical (unpaired) electrons. The lowest BCUT2D eigenvalue weighted by Gasteiger charge is -2.17. The van der Waals surface area contributed by atoms with Crippen molar-refractivity contribution in [1.29, 1.82) is 0 Å². The molecular weight excluding hydrogens is 473 g/mol. The van der Waals surface area contributed by atoms with Gasteiger partial charge in [0.15, 0.2) is 0 Å². The van der Waals surface area contributed by atoms with Crippen LogP contribution in [0, 0.1) is 0 Å². The SMILES string of the molecule is O=C(O)c1ccc2c(c1)nc(-c1ccc(C(=O)Nc3cc(Cl)cc(Cl)c3)cc1)n2C1CCCC1. The van der Waals surface area contributed by atoms with Gasteiger partial charge in [-0.05, 0) is 61.4 Å². The van der Waals surface area contributed by atoms with E-state index in [9.17, 15) is 14.7 Å². The van der Waals surface area contributed by atoms with Gasteiger partial charge in [0.05, 0.1) is 16.6 Å². The summed E-state index contributed by atoms with van der Waals surface area (Å²) in [7, 11) is 0. The van der Waals surface area contributed by atoms with Crippen LogP contribution in [0.3, 0.4) is 0 Å². The van der Waals surface area contributed by atoms with E-state index < -0.39 is 5.97 Å². The third kappa shape index (κ3) is 4.39. The summed E-state index contributed by atoms with van der Waals surface area (Å²) in [6.45, 7) is 0. The number of carboxylic acids is 1. The van der Waals surface area contributed by atoms with Crippen LogP contribution < -0.4 is 5.32 Å². The maximum Gasteiger partial charge on any atom is 0.335 e. The van der Waals surface area contributed by atoms with Crippen LogP contribution in [0.25, 0.3) is 22.4 Å². The Hall–Kier alpha value is -3.35. The van der Waals surface area contributed by atoms with Gasteiger partial charge in [-0.3, -0.25) is 4.79 Å². The molecule has 3 aromatic carbocycles. The van der Waals surface area contributed by atoms with E-state index in [2.05, 4.69) is 9.88 Å². The van der Waals surface area contributed by atoms with Crippen LogP contribution in [0.1, 0.15) is 52.4 Å². The van der Waals surface area contributed by atoms with Gasteiger partial charge in [0.2, 0.25) is 0 Å². The van der Waals surface area contributed by atoms with Crippen molar-refractivity contribution < 1.29 is 14.7 Å². The number of anilines is 1. The van der Waals surface area contributed by atoms with Crippen LogP contribution in [-0.4, -0.2) is 26.5 Å². The van der Waals surface area contributed by atoms with Crippen LogP contribution in [0.4, 0.5) is 5.69 Å². The molecule has 4 aromatic rings. The minimum absolute atomic E-state index is 0.211. The number of aromatic nitrogens is 2. The molecular formula is C26H21Cl2N3O3. The number of carbonyl (C=O) groups excluding carboxylic acids is 1. The smallest absolute Gasteiger partial charge is 0.335 e. The molecule has 1 saturated carbocycles. The molecule has 172 valence electrons. The van der Waals surface area contributed by atoms with E-state index in [-0.39, 0.29) is 11.5 Å². The predicted octanol–water partition coefficient (Wildman–Crippen LogP) is 7.08. The molecule has 1 aromatic heterocycles. The minimum Gasteiger partial charge on any atom is -0.478 e. The number of nitrogens with one attached hydrogen (secondary N) is 1. The molecule has 0 unspecified atom stereocenters. The highest BCUT2D eigenvalue weighted by Crippen LogP contribution is 2.37. The molecule has 1 aliphatic rings. The Bertz CT molecular complexity index is 1390. The summed E-state index contributed by atoms with van der Waals surface area (Å²) in [4.78, 5) is 29.0. The quantitative estimate of drug-likeness (QED) is 0.311. The van der Waals surface area contributed by atoms with Gasteiger partial charge in [0.1, 0.15) is 5.82 Å². The van der Waals surface area contributed by atoms with Crippen molar-refractivity contribution in [2.24, 2.45) is 0 Å². The molecule has 1 aliphatic carbocycles. The van der Waals surface area contributed by atoms with Crippen molar-refractivity contribution in [2.45, 2.75) is 31.7 Å². The fraction of sp³-hybridized carbons (Fsp3) is 0.192. The van der Waals surface area contributed by atoms with E-state index in [0.29, 0.717) is 32.9 Å². The third-order valence-electron chi connectivity index (χ3n) is 6.15. The van der Waals surface area contributed by atoms with Gasteiger partial charge in [0.25, 0.3) is 5.91 Å². The second kappa shape index (κ2) is 9.12. The largest absolute Gasteiger partial charge is 0.478 e. The molecule has 1 heterocycles. The zero-order valence-electron chi connectivity index (χ0n) is 18.1. The van der Waals surface area contributed by atoms with E-state index in [1.807, 2.05) is 18.2 Å². The van der Waals surface area contributed by atoms with Gasteiger partial charge in [-0.15, -0.1) is 0 Å². The number of carboxylic acid groups (broad SMARTS) is 1. The first kappa shape index (κ1) is 22.4. The molecule has 2 N–H and O–H groups in total. The van der Waals surface area contributed by atoms with Crippen LogP contribution in [0.5, 0.6) is 0 Å². The lowest BCUT2D eigenvalue weighted by Crippen LogP contribution is -2.12. The van der Waals surface area contributed by atoms with Gasteiger partial charge in [0, 0.05) is 32.9 Å². The molecule has 6 nitrogen and oxygen atoms in total. The summed E-state index contributed by atoms with van der Waals surface area (Å²) in [5.41, 5.74) is 3.65. The molecule has 0 atom stereocenters. The van der Waals surface area contributed by atoms with E-state index in [1.165, 1.54) is 0 Å². The maximum atomic E-state index is 12.7. The second-order valence-electron chi connectivity index (χ2n) is 8.44. The van der Waals surface area contributed by atoms with Gasteiger partial charge in [-0.1, -0.05) is 48.2 Å². The van der Waals surface area contributed by atoms with Crippen molar-refractivity contribution in [1.82, 2.24) is 9.55 Å². The van der Waals surface area contributed by atoms with Crippen molar-refractivity contribution in [3.05, 3.63) is 81.8 Å². The Labute approximate surface area is 206 Å². The first-order valence-electron chi connectivity index (χ1n) is 11.0. The first-order valence-corrected chi connectivity index (χ1v) is 11.8. The van der Waals surface area contributed by atoms with Crippen molar-refractivity contribution >= 4 is 51.8 Å². The van der Waals surface area contributed by atoms with E-state index in [0.717, 1.165) is 42.6 Å². The highest BCUT2D eigenvalue weighted by molar-refractivity contribution is 6.35. The number of imidazole rings is 1. The Morgan fingerprint density at radius 2 is 1.56 bits per heavy atom. The number of aromatic carboxylic acids is 1. The van der Waals surface area contributed by atoms with Gasteiger partial charge in [-0.25, -0.2) is 9.78 Å². The number of hydrogen-bond acceptors (Lipinski definition) is 3. The summed E-state index contributed by atoms with van der Waals surface area (Å²) in [6, 6.07) is 17.5. The van der Waals surface area contributed by atoms with Crippen molar-refractivity contribution in [3.8, 4) is 11.4 Å².